The Hall–Kier alpha value is -3.61. The van der Waals surface area contributed by atoms with Crippen LogP contribution in [0.1, 0.15) is 12.8 Å². The van der Waals surface area contributed by atoms with E-state index in [9.17, 15) is 4.79 Å². The van der Waals surface area contributed by atoms with Crippen molar-refractivity contribution in [3.8, 4) is 11.3 Å². The molecule has 1 fully saturated rings. The Morgan fingerprint density at radius 1 is 0.933 bits per heavy atom. The maximum atomic E-state index is 12.4. The molecule has 0 amide bonds. The van der Waals surface area contributed by atoms with Gasteiger partial charge in [0.2, 0.25) is 0 Å². The summed E-state index contributed by atoms with van der Waals surface area (Å²) in [6, 6.07) is 15.3. The fourth-order valence-electron chi connectivity index (χ4n) is 4.07. The van der Waals surface area contributed by atoms with Crippen LogP contribution in [0.25, 0.3) is 22.2 Å². The van der Waals surface area contributed by atoms with Crippen LogP contribution < -0.4 is 10.5 Å². The highest BCUT2D eigenvalue weighted by molar-refractivity contribution is 5.89. The molecule has 4 aromatic rings. The van der Waals surface area contributed by atoms with Gasteiger partial charge in [-0.2, -0.15) is 5.10 Å². The highest BCUT2D eigenvalue weighted by Crippen LogP contribution is 2.27. The largest absolute Gasteiger partial charge is 0.356 e. The normalized spacial score (nSPS) is 14.9. The molecule has 5 rings (SSSR count). The lowest BCUT2D eigenvalue weighted by Gasteiger charge is -2.33. The molecule has 0 bridgehead atoms. The molecule has 7 nitrogen and oxygen atoms in total. The zero-order valence-electron chi connectivity index (χ0n) is 16.6. The summed E-state index contributed by atoms with van der Waals surface area (Å²) in [7, 11) is 0. The minimum absolute atomic E-state index is 0.0583. The summed E-state index contributed by atoms with van der Waals surface area (Å²) >= 11 is 0. The third-order valence-corrected chi connectivity index (χ3v) is 5.71. The summed E-state index contributed by atoms with van der Waals surface area (Å²) in [5, 5.41) is 5.68. The molecule has 0 aliphatic carbocycles. The van der Waals surface area contributed by atoms with Gasteiger partial charge in [-0.25, -0.2) is 14.6 Å². The van der Waals surface area contributed by atoms with Gasteiger partial charge in [0.25, 0.3) is 5.56 Å². The Bertz CT molecular complexity index is 1210. The molecule has 1 aromatic carbocycles. The number of para-hydroxylation sites is 1. The van der Waals surface area contributed by atoms with Crippen LogP contribution in [0, 0.1) is 5.92 Å². The molecular formula is C23H22N6O. The van der Waals surface area contributed by atoms with Gasteiger partial charge >= 0.3 is 0 Å². The molecule has 1 aliphatic rings. The molecular weight excluding hydrogens is 376 g/mol. The first kappa shape index (κ1) is 18.4. The van der Waals surface area contributed by atoms with E-state index in [2.05, 4.69) is 31.0 Å². The van der Waals surface area contributed by atoms with E-state index in [1.807, 2.05) is 30.3 Å². The molecule has 0 spiro atoms. The van der Waals surface area contributed by atoms with Crippen LogP contribution in [-0.2, 0) is 6.54 Å². The Morgan fingerprint density at radius 2 is 1.73 bits per heavy atom. The van der Waals surface area contributed by atoms with Gasteiger partial charge in [0.1, 0.15) is 12.1 Å². The van der Waals surface area contributed by atoms with Crippen molar-refractivity contribution in [3.63, 3.8) is 0 Å². The van der Waals surface area contributed by atoms with Crippen LogP contribution >= 0.6 is 0 Å². The number of hydrogen-bond donors (Lipinski definition) is 0. The molecule has 0 N–H and O–H groups in total. The summed E-state index contributed by atoms with van der Waals surface area (Å²) < 4.78 is 1.61. The zero-order valence-corrected chi connectivity index (χ0v) is 16.6. The van der Waals surface area contributed by atoms with Gasteiger partial charge in [-0.1, -0.05) is 12.1 Å². The third-order valence-electron chi connectivity index (χ3n) is 5.71. The van der Waals surface area contributed by atoms with E-state index in [1.165, 1.54) is 0 Å². The van der Waals surface area contributed by atoms with Crippen LogP contribution in [-0.4, -0.2) is 37.8 Å². The van der Waals surface area contributed by atoms with Crippen molar-refractivity contribution in [1.82, 2.24) is 24.7 Å². The van der Waals surface area contributed by atoms with Crippen molar-refractivity contribution >= 4 is 16.7 Å². The van der Waals surface area contributed by atoms with Gasteiger partial charge in [0.15, 0.2) is 0 Å². The van der Waals surface area contributed by atoms with E-state index in [4.69, 9.17) is 0 Å². The molecule has 0 atom stereocenters. The first-order chi connectivity index (χ1) is 14.8. The van der Waals surface area contributed by atoms with Crippen molar-refractivity contribution in [2.75, 3.05) is 18.0 Å². The van der Waals surface area contributed by atoms with Gasteiger partial charge in [-0.15, -0.1) is 0 Å². The van der Waals surface area contributed by atoms with E-state index in [-0.39, 0.29) is 5.56 Å². The van der Waals surface area contributed by atoms with Crippen molar-refractivity contribution in [1.29, 1.82) is 0 Å². The van der Waals surface area contributed by atoms with Gasteiger partial charge in [-0.05, 0) is 49.1 Å². The van der Waals surface area contributed by atoms with Crippen LogP contribution in [0.15, 0.2) is 72.0 Å². The monoisotopic (exact) mass is 398 g/mol. The number of rotatable bonds is 4. The second kappa shape index (κ2) is 8.02. The van der Waals surface area contributed by atoms with Crippen molar-refractivity contribution < 1.29 is 0 Å². The van der Waals surface area contributed by atoms with Gasteiger partial charge in [-0.3, -0.25) is 9.78 Å². The molecule has 150 valence electrons. The fraction of sp³-hybridized carbons (Fsp3) is 0.261. The smallest absolute Gasteiger partial charge is 0.266 e. The fourth-order valence-corrected chi connectivity index (χ4v) is 4.07. The zero-order chi connectivity index (χ0) is 20.3. The summed E-state index contributed by atoms with van der Waals surface area (Å²) in [5.41, 5.74) is 2.66. The van der Waals surface area contributed by atoms with Crippen LogP contribution in [0.3, 0.4) is 0 Å². The highest BCUT2D eigenvalue weighted by atomic mass is 16.1. The van der Waals surface area contributed by atoms with Crippen LogP contribution in [0.5, 0.6) is 0 Å². The Balaban J connectivity index is 1.30. The number of piperidine rings is 1. The van der Waals surface area contributed by atoms with E-state index in [0.29, 0.717) is 12.5 Å². The molecule has 0 saturated carbocycles. The molecule has 3 aromatic heterocycles. The van der Waals surface area contributed by atoms with E-state index in [0.717, 1.165) is 53.9 Å². The Labute approximate surface area is 174 Å². The van der Waals surface area contributed by atoms with E-state index in [1.54, 1.807) is 35.5 Å². The number of aromatic nitrogens is 5. The molecule has 1 saturated heterocycles. The van der Waals surface area contributed by atoms with E-state index < -0.39 is 0 Å². The number of fused-ring (bicyclic) bond motifs is 1. The average molecular weight is 398 g/mol. The topological polar surface area (TPSA) is 76.8 Å². The molecule has 0 unspecified atom stereocenters. The summed E-state index contributed by atoms with van der Waals surface area (Å²) in [6.07, 6.45) is 7.09. The number of benzene rings is 1. The van der Waals surface area contributed by atoms with Crippen molar-refractivity contribution in [3.05, 3.63) is 77.6 Å². The number of nitrogens with zero attached hydrogens (tertiary/aromatic N) is 6. The lowest BCUT2D eigenvalue weighted by atomic mass is 9.96. The van der Waals surface area contributed by atoms with Gasteiger partial charge < -0.3 is 4.90 Å². The third kappa shape index (κ3) is 3.66. The average Bonchev–Trinajstić information content (AvgIpc) is 2.81. The van der Waals surface area contributed by atoms with Crippen LogP contribution in [0.2, 0.25) is 0 Å². The maximum absolute atomic E-state index is 12.4. The minimum atomic E-state index is -0.0583. The van der Waals surface area contributed by atoms with Gasteiger partial charge in [0, 0.05) is 49.0 Å². The van der Waals surface area contributed by atoms with Gasteiger partial charge in [0.05, 0.1) is 11.2 Å². The van der Waals surface area contributed by atoms with E-state index >= 15 is 0 Å². The Morgan fingerprint density at radius 3 is 2.57 bits per heavy atom. The summed E-state index contributed by atoms with van der Waals surface area (Å²) in [4.78, 5) is 27.6. The quantitative estimate of drug-likeness (QED) is 0.526. The highest BCUT2D eigenvalue weighted by Gasteiger charge is 2.22. The SMILES string of the molecule is O=c1ccc(-c2ccncc2)nn1CC1CCN(c2ncnc3ccccc23)CC1. The lowest BCUT2D eigenvalue weighted by Crippen LogP contribution is -2.37. The molecule has 7 heteroatoms. The predicted molar refractivity (Wildman–Crippen MR) is 116 cm³/mol. The standard InChI is InChI=1S/C23H22N6O/c30-22-6-5-20(18-7-11-24-12-8-18)27-29(22)15-17-9-13-28(14-10-17)23-19-3-1-2-4-21(19)25-16-26-23/h1-8,11-12,16-17H,9-10,13-15H2. The summed E-state index contributed by atoms with van der Waals surface area (Å²) in [6.45, 7) is 2.45. The number of hydrogen-bond acceptors (Lipinski definition) is 6. The molecule has 0 radical (unpaired) electrons. The maximum Gasteiger partial charge on any atom is 0.266 e. The predicted octanol–water partition coefficient (Wildman–Crippen LogP) is 3.17. The Kier molecular flexibility index (Phi) is 4.93. The van der Waals surface area contributed by atoms with Crippen LogP contribution in [0.4, 0.5) is 5.82 Å². The minimum Gasteiger partial charge on any atom is -0.356 e. The lowest BCUT2D eigenvalue weighted by molar-refractivity contribution is 0.335. The first-order valence-electron chi connectivity index (χ1n) is 10.2. The molecule has 1 aliphatic heterocycles. The number of pyridine rings is 1. The molecule has 4 heterocycles. The number of anilines is 1. The second-order valence-electron chi connectivity index (χ2n) is 7.62. The second-order valence-corrected chi connectivity index (χ2v) is 7.62. The summed E-state index contributed by atoms with van der Waals surface area (Å²) in [5.74, 6) is 1.40. The molecule has 30 heavy (non-hydrogen) atoms. The van der Waals surface area contributed by atoms with Crippen molar-refractivity contribution in [2.45, 2.75) is 19.4 Å². The van der Waals surface area contributed by atoms with Crippen molar-refractivity contribution in [2.24, 2.45) is 5.92 Å². The first-order valence-corrected chi connectivity index (χ1v) is 10.2.